The van der Waals surface area contributed by atoms with Gasteiger partial charge in [-0.2, -0.15) is 0 Å². The van der Waals surface area contributed by atoms with E-state index in [1.165, 1.54) is 20.8 Å². The fraction of sp³-hybridized carbons (Fsp3) is 0.912. The summed E-state index contributed by atoms with van der Waals surface area (Å²) >= 11 is 0. The molecule has 0 aromatic carbocycles. The molecule has 0 spiro atoms. The number of hydrogen-bond donors (Lipinski definition) is 20. The molecule has 0 aromatic heterocycles. The molecule has 13 aliphatic rings. The standard InChI is InChI=1S/C80H124O43/c1-27-56(116-67-54(101)59(35(87)25-107-67)118-69-49(96)45(92)43(90)36(22-81)113-69)47(94)51(98)68(108-27)121-63-52(99)57(117-71-55(102)61(112-31(5)85)58(29(3)109-71)111-30(4)84)28(2)110-72(63)123-74(105)80-19-18-75(6,7)20-33(80)32-12-13-39-76(8)16-15-41(77(9,26-83)38(76)14-17-78(39,10)79(32,11)21-40(80)88)115-73-64(122-70-50(97)46(93)44(91)37(23-82)114-70)60(53(100)62(120-73)65(103)104)119-66-48(95)42(89)34(86)24-106-66/h12,26-29,33-64,66-73,81-82,86-102H,13-25H2,1-11H3,(H,103,104)/t27?,28?,29?,33?,34?,35?,36?,37?,38?,39?,40?,41-,42?,43?,44?,45?,46?,47?,48?,49?,50?,51?,52?,53?,54?,55?,56?,57?,58?,59?,60?,61?,62?,63?,64?,66?,67?,68?,69?,70?,71?,72?,73?,76-,77-,78+,79?,80+/m0/s1. The number of carbonyl (C=O) groups is 5. The van der Waals surface area contributed by atoms with Crippen molar-refractivity contribution in [3.05, 3.63) is 11.6 Å². The number of carboxylic acids is 1. The average Bonchev–Trinajstić information content (AvgIpc) is 0.667. The highest BCUT2D eigenvalue weighted by atomic mass is 16.8. The van der Waals surface area contributed by atoms with Crippen LogP contribution in [0.5, 0.6) is 0 Å². The first kappa shape index (κ1) is 96.5. The molecule has 123 heavy (non-hydrogen) atoms. The Morgan fingerprint density at radius 2 is 0.927 bits per heavy atom. The summed E-state index contributed by atoms with van der Waals surface area (Å²) in [5, 5.41) is 224. The van der Waals surface area contributed by atoms with E-state index < -0.39 is 340 Å². The van der Waals surface area contributed by atoms with Gasteiger partial charge in [-0.05, 0) is 118 Å². The van der Waals surface area contributed by atoms with Gasteiger partial charge in [0.15, 0.2) is 68.4 Å². The van der Waals surface area contributed by atoms with Gasteiger partial charge in [-0.1, -0.05) is 53.2 Å². The van der Waals surface area contributed by atoms with Gasteiger partial charge in [-0.15, -0.1) is 0 Å². The molecule has 0 radical (unpaired) electrons. The van der Waals surface area contributed by atoms with Crippen molar-refractivity contribution in [2.75, 3.05) is 26.4 Å². The molecule has 0 aromatic rings. The van der Waals surface area contributed by atoms with E-state index in [0.29, 0.717) is 38.5 Å². The Morgan fingerprint density at radius 1 is 0.439 bits per heavy atom. The predicted molar refractivity (Wildman–Crippen MR) is 399 cm³/mol. The van der Waals surface area contributed by atoms with Gasteiger partial charge < -0.3 is 192 Å². The van der Waals surface area contributed by atoms with Gasteiger partial charge in [-0.25, -0.2) is 4.79 Å². The molecule has 43 nitrogen and oxygen atoms in total. The van der Waals surface area contributed by atoms with Crippen LogP contribution in [0.1, 0.15) is 134 Å². The molecule has 4 saturated carbocycles. The average molecular weight is 1770 g/mol. The number of rotatable bonds is 22. The lowest BCUT2D eigenvalue weighted by molar-refractivity contribution is -0.391. The Labute approximate surface area is 707 Å². The Hall–Kier alpha value is -4.07. The van der Waals surface area contributed by atoms with Crippen LogP contribution in [-0.2, 0) is 109 Å². The van der Waals surface area contributed by atoms with Crippen LogP contribution in [0.25, 0.3) is 0 Å². The fourth-order valence-electron chi connectivity index (χ4n) is 22.4. The maximum Gasteiger partial charge on any atom is 0.335 e. The molecule has 13 rings (SSSR count). The van der Waals surface area contributed by atoms with Crippen LogP contribution in [0.3, 0.4) is 0 Å². The minimum atomic E-state index is -2.26. The van der Waals surface area contributed by atoms with E-state index in [1.54, 1.807) is 6.92 Å². The number of carbonyl (C=O) groups excluding carboxylic acids is 4. The summed E-state index contributed by atoms with van der Waals surface area (Å²) in [5.41, 5.74) is -5.41. The first-order valence-corrected chi connectivity index (χ1v) is 42.2. The van der Waals surface area contributed by atoms with Crippen molar-refractivity contribution in [2.24, 2.45) is 50.2 Å². The van der Waals surface area contributed by atoms with E-state index in [1.807, 2.05) is 13.8 Å². The van der Waals surface area contributed by atoms with Gasteiger partial charge in [0.05, 0.1) is 62.4 Å². The number of allylic oxidation sites excluding steroid dienone is 2. The first-order valence-electron chi connectivity index (χ1n) is 42.2. The fourth-order valence-corrected chi connectivity index (χ4v) is 22.4. The number of aldehydes is 1. The molecule has 20 N–H and O–H groups in total. The third-order valence-corrected chi connectivity index (χ3v) is 29.5. The molecule has 8 heterocycles. The number of ether oxygens (including phenoxy) is 18. The van der Waals surface area contributed by atoms with Gasteiger partial charge >= 0.3 is 23.9 Å². The van der Waals surface area contributed by atoms with Gasteiger partial charge in [-0.3, -0.25) is 14.4 Å². The second-order valence-electron chi connectivity index (χ2n) is 37.5. The highest BCUT2D eigenvalue weighted by molar-refractivity contribution is 5.80. The number of fused-ring (bicyclic) bond motifs is 7. The van der Waals surface area contributed by atoms with Gasteiger partial charge in [0.2, 0.25) is 6.29 Å². The molecule has 43 unspecified atom stereocenters. The Bertz CT molecular complexity index is 3710. The summed E-state index contributed by atoms with van der Waals surface area (Å²) in [6, 6.07) is 0. The molecule has 12 fully saturated rings. The highest BCUT2D eigenvalue weighted by Gasteiger charge is 2.74. The van der Waals surface area contributed by atoms with Crippen molar-refractivity contribution < 1.29 is 211 Å². The minimum absolute atomic E-state index is 0.0301. The van der Waals surface area contributed by atoms with Crippen LogP contribution in [0, 0.1) is 50.2 Å². The quantitative estimate of drug-likeness (QED) is 0.0157. The zero-order valence-corrected chi connectivity index (χ0v) is 70.0. The number of carboxylic acid groups (broad SMARTS) is 1. The molecule has 5 aliphatic carbocycles. The Morgan fingerprint density at radius 3 is 1.51 bits per heavy atom. The van der Waals surface area contributed by atoms with Crippen LogP contribution in [-0.4, -0.2) is 404 Å². The van der Waals surface area contributed by atoms with Crippen LogP contribution in [0.4, 0.5) is 0 Å². The summed E-state index contributed by atoms with van der Waals surface area (Å²) in [6.07, 6.45) is -68.0. The van der Waals surface area contributed by atoms with E-state index in [9.17, 15) is 121 Å². The van der Waals surface area contributed by atoms with Crippen LogP contribution in [0.2, 0.25) is 0 Å². The molecule has 43 heteroatoms. The van der Waals surface area contributed by atoms with Crippen LogP contribution >= 0.6 is 0 Å². The lowest BCUT2D eigenvalue weighted by Gasteiger charge is -2.71. The molecule has 48 atom stereocenters. The second kappa shape index (κ2) is 36.9. The number of aliphatic hydroxyl groups excluding tert-OH is 19. The minimum Gasteiger partial charge on any atom is -0.479 e. The molecule has 8 aliphatic heterocycles. The number of hydrogen-bond acceptors (Lipinski definition) is 42. The highest BCUT2D eigenvalue weighted by Crippen LogP contribution is 2.76. The van der Waals surface area contributed by atoms with E-state index in [2.05, 4.69) is 26.8 Å². The summed E-state index contributed by atoms with van der Waals surface area (Å²) in [5.74, 6) is -6.12. The molecule has 0 amide bonds. The summed E-state index contributed by atoms with van der Waals surface area (Å²) < 4.78 is 108. The number of aliphatic carboxylic acids is 1. The summed E-state index contributed by atoms with van der Waals surface area (Å²) in [6.45, 7) is 15.3. The van der Waals surface area contributed by atoms with Gasteiger partial charge in [0.1, 0.15) is 152 Å². The lowest BCUT2D eigenvalue weighted by Crippen LogP contribution is -2.69. The molecule has 0 bridgehead atoms. The van der Waals surface area contributed by atoms with Crippen molar-refractivity contribution in [3.8, 4) is 0 Å². The molecular formula is C80H124O43. The third-order valence-electron chi connectivity index (χ3n) is 29.5. The Balaban J connectivity index is 0.776. The van der Waals surface area contributed by atoms with Gasteiger partial charge in [0, 0.05) is 13.8 Å². The Kier molecular flexibility index (Phi) is 29.0. The lowest BCUT2D eigenvalue weighted by atomic mass is 9.33. The topological polar surface area (TPSA) is 656 Å². The summed E-state index contributed by atoms with van der Waals surface area (Å²) in [7, 11) is 0. The zero-order chi connectivity index (χ0) is 90.0. The van der Waals surface area contributed by atoms with Gasteiger partial charge in [0.25, 0.3) is 0 Å². The number of aliphatic hydroxyl groups is 19. The zero-order valence-electron chi connectivity index (χ0n) is 70.0. The second-order valence-corrected chi connectivity index (χ2v) is 37.5. The number of esters is 3. The SMILES string of the molecule is CC(=O)OC1C(C)OC(OC2C(C)OC(OC(=O)[C@]34CCC(C)(C)CC3C3=CCC5[C@@]6(C)CC[C@H](OC7OC(C(=O)O)C(O)C(OC8OCC(O)C(O)C8O)C7OC7OC(CO)C(O)C(O)C7O)[C@@](C)(C=O)C6CC[C@@]5(C)C3(C)CC4O)C(OC3OC(C)C(OC4OCC(O)C(OC5OC(CO)C(O)C(O)C5O)C4O)C(O)C3O)C2O)C(O)C1OC(C)=O. The van der Waals surface area contributed by atoms with Crippen molar-refractivity contribution in [3.63, 3.8) is 0 Å². The molecular weight excluding hydrogens is 1650 g/mol. The van der Waals surface area contributed by atoms with Crippen molar-refractivity contribution >= 4 is 30.2 Å². The summed E-state index contributed by atoms with van der Waals surface area (Å²) in [4.78, 5) is 68.6. The van der Waals surface area contributed by atoms with Crippen molar-refractivity contribution in [2.45, 2.75) is 380 Å². The maximum absolute atomic E-state index is 16.3. The van der Waals surface area contributed by atoms with Crippen molar-refractivity contribution in [1.29, 1.82) is 0 Å². The maximum atomic E-state index is 16.3. The van der Waals surface area contributed by atoms with E-state index in [0.717, 1.165) is 25.7 Å². The molecule has 702 valence electrons. The van der Waals surface area contributed by atoms with E-state index in [4.69, 9.17) is 85.3 Å². The normalized spacial score (nSPS) is 53.0. The van der Waals surface area contributed by atoms with Crippen LogP contribution < -0.4 is 0 Å². The predicted octanol–water partition coefficient (Wildman–Crippen LogP) is -6.99. The van der Waals surface area contributed by atoms with Crippen molar-refractivity contribution in [1.82, 2.24) is 0 Å². The first-order chi connectivity index (χ1) is 57.7. The molecule has 8 saturated heterocycles. The van der Waals surface area contributed by atoms with Crippen LogP contribution in [0.15, 0.2) is 11.6 Å². The third kappa shape index (κ3) is 17.4. The van der Waals surface area contributed by atoms with E-state index >= 15 is 4.79 Å². The van der Waals surface area contributed by atoms with E-state index in [-0.39, 0.29) is 25.2 Å². The smallest absolute Gasteiger partial charge is 0.335 e. The largest absolute Gasteiger partial charge is 0.479 e. The monoisotopic (exact) mass is 1770 g/mol.